The molecule has 0 radical (unpaired) electrons. The Kier molecular flexibility index (Phi) is 2.24. The van der Waals surface area contributed by atoms with E-state index in [4.69, 9.17) is 0 Å². The van der Waals surface area contributed by atoms with Crippen molar-refractivity contribution in [2.24, 2.45) is 5.41 Å². The van der Waals surface area contributed by atoms with Gasteiger partial charge in [-0.25, -0.2) is 0 Å². The van der Waals surface area contributed by atoms with E-state index in [1.807, 2.05) is 12.1 Å². The lowest BCUT2D eigenvalue weighted by Crippen LogP contribution is -2.33. The Hall–Kier alpha value is -0.980. The predicted octanol–water partition coefficient (Wildman–Crippen LogP) is 4.00. The number of phenolic OH excluding ortho intramolecular Hbond substituents is 1. The monoisotopic (exact) mass is 216 g/mol. The third-order valence-electron chi connectivity index (χ3n) is 4.80. The molecular formula is C15H20O. The van der Waals surface area contributed by atoms with E-state index in [-0.39, 0.29) is 0 Å². The van der Waals surface area contributed by atoms with Crippen LogP contribution in [0.5, 0.6) is 5.75 Å². The first kappa shape index (κ1) is 10.2. The molecule has 1 N–H and O–H groups in total. The highest BCUT2D eigenvalue weighted by Gasteiger charge is 2.40. The normalized spacial score (nSPS) is 32.9. The molecular weight excluding hydrogens is 196 g/mol. The molecule has 0 spiro atoms. The zero-order valence-corrected chi connectivity index (χ0v) is 10.00. The van der Waals surface area contributed by atoms with Crippen LogP contribution in [0.25, 0.3) is 0 Å². The van der Waals surface area contributed by atoms with E-state index in [0.29, 0.717) is 11.2 Å². The Labute approximate surface area is 97.5 Å². The van der Waals surface area contributed by atoms with Crippen LogP contribution in [0, 0.1) is 5.41 Å². The van der Waals surface area contributed by atoms with Crippen LogP contribution in [0.4, 0.5) is 0 Å². The minimum atomic E-state index is 0.429. The largest absolute Gasteiger partial charge is 0.508 e. The van der Waals surface area contributed by atoms with Crippen molar-refractivity contribution in [3.05, 3.63) is 29.3 Å². The number of benzene rings is 1. The van der Waals surface area contributed by atoms with Crippen LogP contribution in [0.15, 0.2) is 18.2 Å². The molecule has 0 aromatic heterocycles. The lowest BCUT2D eigenvalue weighted by atomic mass is 9.59. The molecule has 1 saturated carbocycles. The van der Waals surface area contributed by atoms with E-state index >= 15 is 0 Å². The summed E-state index contributed by atoms with van der Waals surface area (Å²) in [4.78, 5) is 0. The highest BCUT2D eigenvalue weighted by molar-refractivity contribution is 5.40. The van der Waals surface area contributed by atoms with Gasteiger partial charge in [-0.3, -0.25) is 0 Å². The summed E-state index contributed by atoms with van der Waals surface area (Å²) >= 11 is 0. The second kappa shape index (κ2) is 3.51. The van der Waals surface area contributed by atoms with Crippen LogP contribution in [-0.4, -0.2) is 5.11 Å². The van der Waals surface area contributed by atoms with Gasteiger partial charge in [0.25, 0.3) is 0 Å². The summed E-state index contributed by atoms with van der Waals surface area (Å²) in [5.41, 5.74) is 3.44. The molecule has 3 rings (SSSR count). The minimum Gasteiger partial charge on any atom is -0.508 e. The molecule has 0 saturated heterocycles. The summed E-state index contributed by atoms with van der Waals surface area (Å²) in [7, 11) is 0. The molecule has 2 aliphatic rings. The SMILES string of the molecule is C[C@@]12CCCC[C@@H]1c1ccc(O)cc1CC2. The lowest BCUT2D eigenvalue weighted by Gasteiger charge is -2.46. The van der Waals surface area contributed by atoms with Crippen LogP contribution >= 0.6 is 0 Å². The first-order valence-corrected chi connectivity index (χ1v) is 6.51. The molecule has 1 nitrogen and oxygen atoms in total. The van der Waals surface area contributed by atoms with E-state index in [1.54, 1.807) is 0 Å². The maximum Gasteiger partial charge on any atom is 0.115 e. The van der Waals surface area contributed by atoms with Gasteiger partial charge >= 0.3 is 0 Å². The van der Waals surface area contributed by atoms with Crippen molar-refractivity contribution in [2.75, 3.05) is 0 Å². The van der Waals surface area contributed by atoms with Crippen LogP contribution in [0.3, 0.4) is 0 Å². The van der Waals surface area contributed by atoms with Gasteiger partial charge in [0.05, 0.1) is 0 Å². The molecule has 0 aliphatic heterocycles. The average Bonchev–Trinajstić information content (AvgIpc) is 2.28. The number of phenols is 1. The van der Waals surface area contributed by atoms with Crippen molar-refractivity contribution in [2.45, 2.75) is 51.4 Å². The third kappa shape index (κ3) is 1.45. The quantitative estimate of drug-likeness (QED) is 0.695. The molecule has 2 aliphatic carbocycles. The highest BCUT2D eigenvalue weighted by atomic mass is 16.3. The number of hydrogen-bond donors (Lipinski definition) is 1. The zero-order valence-electron chi connectivity index (χ0n) is 10.00. The van der Waals surface area contributed by atoms with Gasteiger partial charge in [-0.1, -0.05) is 25.8 Å². The Morgan fingerprint density at radius 3 is 3.00 bits per heavy atom. The van der Waals surface area contributed by atoms with Gasteiger partial charge in [0.1, 0.15) is 5.75 Å². The van der Waals surface area contributed by atoms with Crippen molar-refractivity contribution >= 4 is 0 Å². The predicted molar refractivity (Wildman–Crippen MR) is 65.7 cm³/mol. The van der Waals surface area contributed by atoms with E-state index in [0.717, 1.165) is 12.3 Å². The van der Waals surface area contributed by atoms with Crippen LogP contribution < -0.4 is 0 Å². The molecule has 1 aromatic rings. The Morgan fingerprint density at radius 2 is 2.12 bits per heavy atom. The summed E-state index contributed by atoms with van der Waals surface area (Å²) in [6, 6.07) is 6.00. The number of hydrogen-bond acceptors (Lipinski definition) is 1. The summed E-state index contributed by atoms with van der Waals surface area (Å²) in [5.74, 6) is 1.17. The minimum absolute atomic E-state index is 0.429. The number of aryl methyl sites for hydroxylation is 1. The molecule has 2 atom stereocenters. The van der Waals surface area contributed by atoms with Gasteiger partial charge in [-0.2, -0.15) is 0 Å². The lowest BCUT2D eigenvalue weighted by molar-refractivity contribution is 0.147. The van der Waals surface area contributed by atoms with E-state index in [2.05, 4.69) is 13.0 Å². The molecule has 1 aromatic carbocycles. The van der Waals surface area contributed by atoms with Crippen molar-refractivity contribution in [3.63, 3.8) is 0 Å². The van der Waals surface area contributed by atoms with Gasteiger partial charge < -0.3 is 5.11 Å². The second-order valence-corrected chi connectivity index (χ2v) is 5.84. The molecule has 0 unspecified atom stereocenters. The van der Waals surface area contributed by atoms with E-state index in [1.165, 1.54) is 43.2 Å². The summed E-state index contributed by atoms with van der Waals surface area (Å²) < 4.78 is 0. The first-order chi connectivity index (χ1) is 7.69. The Balaban J connectivity index is 2.05. The molecule has 16 heavy (non-hydrogen) atoms. The topological polar surface area (TPSA) is 20.2 Å². The van der Waals surface area contributed by atoms with Crippen LogP contribution in [-0.2, 0) is 6.42 Å². The number of rotatable bonds is 0. The first-order valence-electron chi connectivity index (χ1n) is 6.51. The molecule has 86 valence electrons. The fourth-order valence-corrected chi connectivity index (χ4v) is 3.80. The van der Waals surface area contributed by atoms with Crippen LogP contribution in [0.2, 0.25) is 0 Å². The van der Waals surface area contributed by atoms with Gasteiger partial charge in [0.15, 0.2) is 0 Å². The molecule has 0 amide bonds. The summed E-state index contributed by atoms with van der Waals surface area (Å²) in [6.07, 6.45) is 7.96. The fraction of sp³-hybridized carbons (Fsp3) is 0.600. The number of fused-ring (bicyclic) bond motifs is 3. The van der Waals surface area contributed by atoms with Crippen molar-refractivity contribution < 1.29 is 5.11 Å². The summed E-state index contributed by atoms with van der Waals surface area (Å²) in [6.45, 7) is 2.46. The Bertz CT molecular complexity index is 410. The van der Waals surface area contributed by atoms with Gasteiger partial charge in [-0.05, 0) is 60.3 Å². The third-order valence-corrected chi connectivity index (χ3v) is 4.80. The van der Waals surface area contributed by atoms with Crippen LogP contribution in [0.1, 0.15) is 56.1 Å². The van der Waals surface area contributed by atoms with Crippen molar-refractivity contribution in [1.82, 2.24) is 0 Å². The Morgan fingerprint density at radius 1 is 1.25 bits per heavy atom. The van der Waals surface area contributed by atoms with Gasteiger partial charge in [0, 0.05) is 0 Å². The molecule has 0 heterocycles. The summed E-state index contributed by atoms with van der Waals surface area (Å²) in [5, 5.41) is 9.55. The molecule has 1 heteroatoms. The van der Waals surface area contributed by atoms with E-state index in [9.17, 15) is 5.11 Å². The second-order valence-electron chi connectivity index (χ2n) is 5.84. The maximum absolute atomic E-state index is 9.55. The van der Waals surface area contributed by atoms with Crippen molar-refractivity contribution in [3.8, 4) is 5.75 Å². The standard InChI is InChI=1S/C15H20O/c1-15-8-3-2-4-14(15)13-6-5-12(16)10-11(13)7-9-15/h5-6,10,14,16H,2-4,7-9H2,1H3/t14-,15+/m1/s1. The molecule has 1 fully saturated rings. The van der Waals surface area contributed by atoms with Gasteiger partial charge in [0.2, 0.25) is 0 Å². The maximum atomic E-state index is 9.55. The van der Waals surface area contributed by atoms with E-state index < -0.39 is 0 Å². The number of aromatic hydroxyl groups is 1. The smallest absolute Gasteiger partial charge is 0.115 e. The molecule has 0 bridgehead atoms. The van der Waals surface area contributed by atoms with Crippen molar-refractivity contribution in [1.29, 1.82) is 0 Å². The highest BCUT2D eigenvalue weighted by Crippen LogP contribution is 2.53. The average molecular weight is 216 g/mol. The van der Waals surface area contributed by atoms with Gasteiger partial charge in [-0.15, -0.1) is 0 Å². The zero-order chi connectivity index (χ0) is 11.2. The fourth-order valence-electron chi connectivity index (χ4n) is 3.80.